The second-order valence-corrected chi connectivity index (χ2v) is 5.56. The van der Waals surface area contributed by atoms with Crippen LogP contribution in [0.25, 0.3) is 0 Å². The molecular weight excluding hydrogens is 304 g/mol. The van der Waals surface area contributed by atoms with Crippen molar-refractivity contribution >= 4 is 27.5 Å². The standard InChI is InChI=1S/C13H14BrF2NO/c14-9-6-10(15)13(11(16)7-9)17-12(18)5-8-3-1-2-4-8/h6-8H,1-5H2,(H,17,18). The molecule has 98 valence electrons. The Balaban J connectivity index is 2.02. The first-order valence-electron chi connectivity index (χ1n) is 6.00. The molecule has 0 spiro atoms. The van der Waals surface area contributed by atoms with Gasteiger partial charge in [-0.25, -0.2) is 8.78 Å². The smallest absolute Gasteiger partial charge is 0.224 e. The molecule has 0 atom stereocenters. The third kappa shape index (κ3) is 3.28. The molecule has 1 amide bonds. The predicted molar refractivity (Wildman–Crippen MR) is 69.3 cm³/mol. The van der Waals surface area contributed by atoms with Crippen molar-refractivity contribution in [3.8, 4) is 0 Å². The van der Waals surface area contributed by atoms with E-state index in [4.69, 9.17) is 0 Å². The second kappa shape index (κ2) is 5.78. The van der Waals surface area contributed by atoms with Gasteiger partial charge in [0.1, 0.15) is 5.69 Å². The van der Waals surface area contributed by atoms with Crippen LogP contribution in [0.4, 0.5) is 14.5 Å². The van der Waals surface area contributed by atoms with Crippen LogP contribution in [0.5, 0.6) is 0 Å². The normalized spacial score (nSPS) is 15.9. The van der Waals surface area contributed by atoms with E-state index in [2.05, 4.69) is 21.2 Å². The lowest BCUT2D eigenvalue weighted by Gasteiger charge is -2.11. The molecule has 0 aliphatic heterocycles. The van der Waals surface area contributed by atoms with Crippen LogP contribution in [0, 0.1) is 17.6 Å². The Kier molecular flexibility index (Phi) is 4.32. The van der Waals surface area contributed by atoms with Gasteiger partial charge in [-0.05, 0) is 30.9 Å². The lowest BCUT2D eigenvalue weighted by Crippen LogP contribution is -2.17. The zero-order valence-corrected chi connectivity index (χ0v) is 11.4. The van der Waals surface area contributed by atoms with E-state index in [9.17, 15) is 13.6 Å². The quantitative estimate of drug-likeness (QED) is 0.887. The number of halogens is 3. The summed E-state index contributed by atoms with van der Waals surface area (Å²) in [6, 6.07) is 2.27. The molecule has 2 nitrogen and oxygen atoms in total. The highest BCUT2D eigenvalue weighted by Gasteiger charge is 2.20. The summed E-state index contributed by atoms with van der Waals surface area (Å²) in [5.41, 5.74) is -0.360. The Morgan fingerprint density at radius 1 is 1.28 bits per heavy atom. The van der Waals surface area contributed by atoms with Crippen LogP contribution in [0.3, 0.4) is 0 Å². The first-order valence-corrected chi connectivity index (χ1v) is 6.80. The maximum absolute atomic E-state index is 13.5. The summed E-state index contributed by atoms with van der Waals surface area (Å²) in [5.74, 6) is -1.49. The van der Waals surface area contributed by atoms with Gasteiger partial charge in [-0.1, -0.05) is 28.8 Å². The van der Waals surface area contributed by atoms with Gasteiger partial charge in [-0.3, -0.25) is 4.79 Å². The summed E-state index contributed by atoms with van der Waals surface area (Å²) in [5, 5.41) is 2.32. The summed E-state index contributed by atoms with van der Waals surface area (Å²) < 4.78 is 27.3. The fraction of sp³-hybridized carbons (Fsp3) is 0.462. The minimum Gasteiger partial charge on any atom is -0.321 e. The molecule has 1 fully saturated rings. The molecule has 1 N–H and O–H groups in total. The van der Waals surface area contributed by atoms with E-state index in [-0.39, 0.29) is 11.6 Å². The van der Waals surface area contributed by atoms with Crippen molar-refractivity contribution in [3.63, 3.8) is 0 Å². The molecule has 0 saturated heterocycles. The average molecular weight is 318 g/mol. The summed E-state index contributed by atoms with van der Waals surface area (Å²) >= 11 is 2.99. The largest absolute Gasteiger partial charge is 0.321 e. The van der Waals surface area contributed by atoms with Crippen molar-refractivity contribution in [1.82, 2.24) is 0 Å². The van der Waals surface area contributed by atoms with Crippen LogP contribution < -0.4 is 5.32 Å². The fourth-order valence-electron chi connectivity index (χ4n) is 2.33. The highest BCUT2D eigenvalue weighted by atomic mass is 79.9. The third-order valence-corrected chi connectivity index (χ3v) is 3.68. The summed E-state index contributed by atoms with van der Waals surface area (Å²) in [7, 11) is 0. The number of nitrogens with one attached hydrogen (secondary N) is 1. The van der Waals surface area contributed by atoms with Gasteiger partial charge in [0.05, 0.1) is 0 Å². The van der Waals surface area contributed by atoms with Gasteiger partial charge in [-0.15, -0.1) is 0 Å². The highest BCUT2D eigenvalue weighted by molar-refractivity contribution is 9.10. The monoisotopic (exact) mass is 317 g/mol. The van der Waals surface area contributed by atoms with Crippen molar-refractivity contribution in [2.24, 2.45) is 5.92 Å². The Labute approximate surface area is 113 Å². The van der Waals surface area contributed by atoms with Crippen molar-refractivity contribution in [2.45, 2.75) is 32.1 Å². The number of benzene rings is 1. The lowest BCUT2D eigenvalue weighted by atomic mass is 10.0. The minimum atomic E-state index is -0.762. The first-order chi connectivity index (χ1) is 8.56. The number of carbonyl (C=O) groups excluding carboxylic acids is 1. The number of amides is 1. The summed E-state index contributed by atoms with van der Waals surface area (Å²) in [4.78, 5) is 11.7. The van der Waals surface area contributed by atoms with E-state index in [1.165, 1.54) is 0 Å². The van der Waals surface area contributed by atoms with E-state index in [1.54, 1.807) is 0 Å². The van der Waals surface area contributed by atoms with Gasteiger partial charge in [0.15, 0.2) is 11.6 Å². The van der Waals surface area contributed by atoms with Crippen molar-refractivity contribution < 1.29 is 13.6 Å². The minimum absolute atomic E-state index is 0.311. The average Bonchev–Trinajstić information content (AvgIpc) is 2.76. The summed E-state index contributed by atoms with van der Waals surface area (Å²) in [6.07, 6.45) is 4.67. The molecule has 18 heavy (non-hydrogen) atoms. The summed E-state index contributed by atoms with van der Waals surface area (Å²) in [6.45, 7) is 0. The van der Waals surface area contributed by atoms with E-state index >= 15 is 0 Å². The third-order valence-electron chi connectivity index (χ3n) is 3.22. The van der Waals surface area contributed by atoms with Gasteiger partial charge in [0, 0.05) is 10.9 Å². The molecule has 1 saturated carbocycles. The molecule has 1 aliphatic rings. The Bertz CT molecular complexity index is 435. The predicted octanol–water partition coefficient (Wildman–Crippen LogP) is 4.25. The SMILES string of the molecule is O=C(CC1CCCC1)Nc1c(F)cc(Br)cc1F. The molecule has 0 heterocycles. The Morgan fingerprint density at radius 3 is 2.39 bits per heavy atom. The van der Waals surface area contributed by atoms with E-state index in [1.807, 2.05) is 0 Å². The number of hydrogen-bond acceptors (Lipinski definition) is 1. The van der Waals surface area contributed by atoms with Gasteiger partial charge in [0.25, 0.3) is 0 Å². The first kappa shape index (κ1) is 13.5. The molecule has 1 aromatic rings. The van der Waals surface area contributed by atoms with Crippen LogP contribution >= 0.6 is 15.9 Å². The molecular formula is C13H14BrF2NO. The van der Waals surface area contributed by atoms with Crippen LogP contribution in [0.1, 0.15) is 32.1 Å². The van der Waals surface area contributed by atoms with Gasteiger partial charge >= 0.3 is 0 Å². The molecule has 1 aliphatic carbocycles. The molecule has 2 rings (SSSR count). The Morgan fingerprint density at radius 2 is 1.83 bits per heavy atom. The Hall–Kier alpha value is -0.970. The lowest BCUT2D eigenvalue weighted by molar-refractivity contribution is -0.117. The number of carbonyl (C=O) groups is 1. The molecule has 0 unspecified atom stereocenters. The molecule has 0 bridgehead atoms. The maximum atomic E-state index is 13.5. The number of hydrogen-bond donors (Lipinski definition) is 1. The number of rotatable bonds is 3. The van der Waals surface area contributed by atoms with Crippen LogP contribution in [0.2, 0.25) is 0 Å². The molecule has 0 aromatic heterocycles. The van der Waals surface area contributed by atoms with Crippen LogP contribution in [0.15, 0.2) is 16.6 Å². The molecule has 0 radical (unpaired) electrons. The molecule has 5 heteroatoms. The highest BCUT2D eigenvalue weighted by Crippen LogP contribution is 2.29. The second-order valence-electron chi connectivity index (χ2n) is 4.65. The number of anilines is 1. The van der Waals surface area contributed by atoms with Crippen molar-refractivity contribution in [3.05, 3.63) is 28.2 Å². The van der Waals surface area contributed by atoms with E-state index in [0.717, 1.165) is 37.8 Å². The van der Waals surface area contributed by atoms with Gasteiger partial charge in [0.2, 0.25) is 5.91 Å². The molecule has 1 aromatic carbocycles. The zero-order chi connectivity index (χ0) is 13.1. The van der Waals surface area contributed by atoms with Gasteiger partial charge in [-0.2, -0.15) is 0 Å². The van der Waals surface area contributed by atoms with Crippen molar-refractivity contribution in [1.29, 1.82) is 0 Å². The maximum Gasteiger partial charge on any atom is 0.224 e. The van der Waals surface area contributed by atoms with E-state index < -0.39 is 11.6 Å². The van der Waals surface area contributed by atoms with Gasteiger partial charge < -0.3 is 5.32 Å². The fourth-order valence-corrected chi connectivity index (χ4v) is 2.73. The van der Waals surface area contributed by atoms with E-state index in [0.29, 0.717) is 16.8 Å². The zero-order valence-electron chi connectivity index (χ0n) is 9.81. The van der Waals surface area contributed by atoms with Crippen LogP contribution in [-0.4, -0.2) is 5.91 Å². The van der Waals surface area contributed by atoms with Crippen molar-refractivity contribution in [2.75, 3.05) is 5.32 Å². The topological polar surface area (TPSA) is 29.1 Å². The van der Waals surface area contributed by atoms with Crippen LogP contribution in [-0.2, 0) is 4.79 Å².